The Bertz CT molecular complexity index is 451. The Morgan fingerprint density at radius 3 is 2.67 bits per heavy atom. The molecule has 3 N–H and O–H groups in total. The second kappa shape index (κ2) is 5.19. The number of nitrogen functional groups attached to an aromatic ring is 1. The molecule has 0 aliphatic carbocycles. The molecule has 0 aliphatic heterocycles. The molecule has 1 aromatic rings. The number of nitrogens with two attached hydrogens (primary N) is 1. The number of pyridine rings is 1. The summed E-state index contributed by atoms with van der Waals surface area (Å²) in [6, 6.07) is 1.49. The van der Waals surface area contributed by atoms with Gasteiger partial charge in [-0.05, 0) is 18.6 Å². The fourth-order valence-electron chi connectivity index (χ4n) is 1.20. The summed E-state index contributed by atoms with van der Waals surface area (Å²) in [6.45, 7) is 0.0396. The lowest BCUT2D eigenvalue weighted by atomic mass is 10.1. The van der Waals surface area contributed by atoms with Crippen LogP contribution in [-0.4, -0.2) is 29.8 Å². The summed E-state index contributed by atoms with van der Waals surface area (Å²) in [5.41, 5.74) is 5.74. The molecule has 0 aromatic carbocycles. The van der Waals surface area contributed by atoms with E-state index in [-0.39, 0.29) is 11.4 Å². The number of halogens is 4. The molecule has 0 unspecified atom stereocenters. The Hall–Kier alpha value is -1.86. The lowest BCUT2D eigenvalue weighted by Crippen LogP contribution is -2.34. The first kappa shape index (κ1) is 14.2. The van der Waals surface area contributed by atoms with Crippen LogP contribution in [0.3, 0.4) is 0 Å². The van der Waals surface area contributed by atoms with E-state index in [1.165, 1.54) is 12.3 Å². The van der Waals surface area contributed by atoms with Crippen LogP contribution in [0.2, 0.25) is 0 Å². The maximum atomic E-state index is 12.7. The van der Waals surface area contributed by atoms with E-state index in [1.54, 1.807) is 6.92 Å². The van der Waals surface area contributed by atoms with Crippen molar-refractivity contribution in [2.45, 2.75) is 19.3 Å². The Morgan fingerprint density at radius 1 is 1.56 bits per heavy atom. The molecule has 0 saturated heterocycles. The average Bonchev–Trinajstić information content (AvgIpc) is 2.25. The zero-order chi connectivity index (χ0) is 13.9. The molecule has 8 heteroatoms. The molecule has 0 radical (unpaired) electrons. The van der Waals surface area contributed by atoms with Gasteiger partial charge in [-0.2, -0.15) is 8.78 Å². The van der Waals surface area contributed by atoms with Gasteiger partial charge >= 0.3 is 12.3 Å². The molecule has 0 bridgehead atoms. The van der Waals surface area contributed by atoms with Crippen LogP contribution in [0.25, 0.3) is 0 Å². The van der Waals surface area contributed by atoms with Crippen LogP contribution in [0.1, 0.15) is 11.1 Å². The highest BCUT2D eigenvalue weighted by Gasteiger charge is 2.42. The van der Waals surface area contributed by atoms with E-state index >= 15 is 0 Å². The third kappa shape index (κ3) is 3.08. The van der Waals surface area contributed by atoms with Crippen LogP contribution in [0.4, 0.5) is 17.6 Å². The van der Waals surface area contributed by atoms with Crippen LogP contribution in [-0.2, 0) is 0 Å². The van der Waals surface area contributed by atoms with Crippen LogP contribution in [0.15, 0.2) is 12.3 Å². The van der Waals surface area contributed by atoms with Gasteiger partial charge in [-0.1, -0.05) is 0 Å². The van der Waals surface area contributed by atoms with Gasteiger partial charge in [0.05, 0.1) is 5.56 Å². The van der Waals surface area contributed by atoms with E-state index in [0.717, 1.165) is 0 Å². The van der Waals surface area contributed by atoms with Gasteiger partial charge in [-0.15, -0.1) is 0 Å². The zero-order valence-electron chi connectivity index (χ0n) is 9.38. The summed E-state index contributed by atoms with van der Waals surface area (Å²) in [5.74, 6) is -5.07. The van der Waals surface area contributed by atoms with Crippen LogP contribution >= 0.6 is 0 Å². The SMILES string of the molecule is Cc1ccnc(OCC(F)(F)C(F)F)c1C(=N)N. The topological polar surface area (TPSA) is 72.0 Å². The Kier molecular flexibility index (Phi) is 4.10. The lowest BCUT2D eigenvalue weighted by Gasteiger charge is -2.17. The number of hydrogen-bond acceptors (Lipinski definition) is 3. The quantitative estimate of drug-likeness (QED) is 0.485. The van der Waals surface area contributed by atoms with E-state index < -0.39 is 24.8 Å². The maximum absolute atomic E-state index is 12.7. The van der Waals surface area contributed by atoms with E-state index in [4.69, 9.17) is 11.1 Å². The van der Waals surface area contributed by atoms with Crippen LogP contribution in [0.5, 0.6) is 5.88 Å². The lowest BCUT2D eigenvalue weighted by molar-refractivity contribution is -0.148. The number of rotatable bonds is 5. The highest BCUT2D eigenvalue weighted by molar-refractivity contribution is 5.98. The average molecular weight is 265 g/mol. The van der Waals surface area contributed by atoms with Gasteiger partial charge < -0.3 is 10.5 Å². The van der Waals surface area contributed by atoms with Gasteiger partial charge in [0, 0.05) is 6.20 Å². The summed E-state index contributed by atoms with van der Waals surface area (Å²) < 4.78 is 53.8. The van der Waals surface area contributed by atoms with Crippen molar-refractivity contribution in [1.29, 1.82) is 5.41 Å². The number of nitrogens with one attached hydrogen (secondary N) is 1. The van der Waals surface area contributed by atoms with Crippen molar-refractivity contribution in [2.75, 3.05) is 6.61 Å². The van der Waals surface area contributed by atoms with Gasteiger partial charge in [-0.3, -0.25) is 5.41 Å². The van der Waals surface area contributed by atoms with E-state index in [1.807, 2.05) is 0 Å². The van der Waals surface area contributed by atoms with Gasteiger partial charge in [0.15, 0.2) is 6.61 Å². The third-order valence-corrected chi connectivity index (χ3v) is 2.11. The fraction of sp³-hybridized carbons (Fsp3) is 0.400. The molecule has 0 saturated carbocycles. The van der Waals surface area contributed by atoms with Gasteiger partial charge in [0.25, 0.3) is 0 Å². The smallest absolute Gasteiger partial charge is 0.340 e. The Morgan fingerprint density at radius 2 is 2.17 bits per heavy atom. The predicted molar refractivity (Wildman–Crippen MR) is 56.4 cm³/mol. The normalized spacial score (nSPS) is 11.7. The highest BCUT2D eigenvalue weighted by Crippen LogP contribution is 2.25. The molecule has 0 fully saturated rings. The summed E-state index contributed by atoms with van der Waals surface area (Å²) in [4.78, 5) is 3.60. The second-order valence-corrected chi connectivity index (χ2v) is 3.57. The van der Waals surface area contributed by atoms with Gasteiger partial charge in [0.1, 0.15) is 5.84 Å². The number of aromatic nitrogens is 1. The molecule has 0 amide bonds. The molecule has 4 nitrogen and oxygen atoms in total. The molecular formula is C10H11F4N3O. The Labute approximate surface area is 100 Å². The van der Waals surface area contributed by atoms with Crippen molar-refractivity contribution in [3.8, 4) is 5.88 Å². The summed E-state index contributed by atoms with van der Waals surface area (Å²) >= 11 is 0. The first-order chi connectivity index (χ1) is 8.25. The largest absolute Gasteiger partial charge is 0.470 e. The van der Waals surface area contributed by atoms with Gasteiger partial charge in [0.2, 0.25) is 5.88 Å². The molecule has 1 heterocycles. The number of alkyl halides is 4. The van der Waals surface area contributed by atoms with Crippen molar-refractivity contribution in [3.05, 3.63) is 23.4 Å². The first-order valence-corrected chi connectivity index (χ1v) is 4.84. The molecule has 18 heavy (non-hydrogen) atoms. The fourth-order valence-corrected chi connectivity index (χ4v) is 1.20. The third-order valence-electron chi connectivity index (χ3n) is 2.11. The minimum absolute atomic E-state index is 0.0163. The number of nitrogens with zero attached hydrogens (tertiary/aromatic N) is 1. The minimum Gasteiger partial charge on any atom is -0.470 e. The van der Waals surface area contributed by atoms with E-state index in [9.17, 15) is 17.6 Å². The van der Waals surface area contributed by atoms with E-state index in [0.29, 0.717) is 5.56 Å². The molecule has 1 aromatic heterocycles. The number of hydrogen-bond donors (Lipinski definition) is 2. The van der Waals surface area contributed by atoms with Gasteiger partial charge in [-0.25, -0.2) is 13.8 Å². The molecular weight excluding hydrogens is 254 g/mol. The Balaban J connectivity index is 2.92. The zero-order valence-corrected chi connectivity index (χ0v) is 9.38. The van der Waals surface area contributed by atoms with Crippen LogP contribution < -0.4 is 10.5 Å². The first-order valence-electron chi connectivity index (χ1n) is 4.84. The molecule has 0 spiro atoms. The van der Waals surface area contributed by atoms with Crippen molar-refractivity contribution in [1.82, 2.24) is 4.98 Å². The minimum atomic E-state index is -4.28. The summed E-state index contributed by atoms with van der Waals surface area (Å²) in [7, 11) is 0. The number of aryl methyl sites for hydroxylation is 1. The molecule has 0 aliphatic rings. The monoisotopic (exact) mass is 265 g/mol. The van der Waals surface area contributed by atoms with Crippen molar-refractivity contribution in [2.24, 2.45) is 5.73 Å². The number of ether oxygens (including phenoxy) is 1. The second-order valence-electron chi connectivity index (χ2n) is 3.57. The number of amidine groups is 1. The van der Waals surface area contributed by atoms with Crippen molar-refractivity contribution in [3.63, 3.8) is 0 Å². The predicted octanol–water partition coefficient (Wildman–Crippen LogP) is 1.95. The maximum Gasteiger partial charge on any atom is 0.340 e. The molecule has 100 valence electrons. The standard InChI is InChI=1S/C10H11F4N3O/c1-5-2-3-17-8(6(5)7(15)16)18-4-10(13,14)9(11)12/h2-3,9H,4H2,1H3,(H3,15,16). The summed E-state index contributed by atoms with van der Waals surface area (Å²) in [5, 5.41) is 7.26. The molecule has 0 atom stereocenters. The van der Waals surface area contributed by atoms with Crippen molar-refractivity contribution < 1.29 is 22.3 Å². The molecule has 1 rings (SSSR count). The highest BCUT2D eigenvalue weighted by atomic mass is 19.3. The van der Waals surface area contributed by atoms with Crippen LogP contribution in [0, 0.1) is 12.3 Å². The van der Waals surface area contributed by atoms with E-state index in [2.05, 4.69) is 9.72 Å². The van der Waals surface area contributed by atoms with Crippen molar-refractivity contribution >= 4 is 5.84 Å². The summed E-state index contributed by atoms with van der Waals surface area (Å²) in [6.07, 6.45) is -2.58.